The minimum atomic E-state index is -0.228. The molecule has 1 aromatic heterocycles. The lowest BCUT2D eigenvalue weighted by atomic mass is 9.92. The Morgan fingerprint density at radius 2 is 2.19 bits per heavy atom. The molecule has 1 saturated carbocycles. The second-order valence-corrected chi connectivity index (χ2v) is 8.28. The van der Waals surface area contributed by atoms with Gasteiger partial charge in [0.05, 0.1) is 5.69 Å². The van der Waals surface area contributed by atoms with Crippen molar-refractivity contribution in [2.24, 2.45) is 11.3 Å². The number of hydrogen-bond acceptors (Lipinski definition) is 4. The molecule has 4 rings (SSSR count). The van der Waals surface area contributed by atoms with Crippen LogP contribution in [-0.4, -0.2) is 24.0 Å². The first-order chi connectivity index (χ1) is 12.1. The number of benzene rings is 1. The molecule has 1 aromatic carbocycles. The van der Waals surface area contributed by atoms with Gasteiger partial charge < -0.3 is 10.6 Å². The highest BCUT2D eigenvalue weighted by Crippen LogP contribution is 2.58. The van der Waals surface area contributed by atoms with E-state index in [9.17, 15) is 9.18 Å². The van der Waals surface area contributed by atoms with Crippen LogP contribution in [0.2, 0.25) is 0 Å². The van der Waals surface area contributed by atoms with E-state index in [0.717, 1.165) is 48.5 Å². The van der Waals surface area contributed by atoms with Crippen molar-refractivity contribution in [3.8, 4) is 0 Å². The summed E-state index contributed by atoms with van der Waals surface area (Å²) >= 11 is 1.49. The number of rotatable bonds is 4. The summed E-state index contributed by atoms with van der Waals surface area (Å²) in [6.07, 6.45) is 3.82. The van der Waals surface area contributed by atoms with E-state index in [4.69, 9.17) is 0 Å². The summed E-state index contributed by atoms with van der Waals surface area (Å²) in [4.78, 5) is 18.1. The molecule has 2 N–H and O–H groups in total. The number of anilines is 1. The van der Waals surface area contributed by atoms with E-state index in [1.165, 1.54) is 17.4 Å². The molecule has 1 amide bonds. The molecule has 7 heteroatoms. The van der Waals surface area contributed by atoms with Crippen LogP contribution in [0.15, 0.2) is 24.3 Å². The molecule has 2 aromatic rings. The molecule has 140 valence electrons. The van der Waals surface area contributed by atoms with Crippen LogP contribution in [0.1, 0.15) is 35.4 Å². The number of amides is 1. The maximum Gasteiger partial charge on any atom is 0.229 e. The lowest BCUT2D eigenvalue weighted by Gasteiger charge is -2.22. The summed E-state index contributed by atoms with van der Waals surface area (Å²) in [5.74, 6) is 0.00706. The average Bonchev–Trinajstić information content (AvgIpc) is 3.16. The van der Waals surface area contributed by atoms with Crippen molar-refractivity contribution in [1.29, 1.82) is 0 Å². The van der Waals surface area contributed by atoms with Crippen LogP contribution in [0.25, 0.3) is 0 Å². The number of thiazole rings is 1. The summed E-state index contributed by atoms with van der Waals surface area (Å²) in [7, 11) is 0. The number of piperidine rings is 1. The average molecular weight is 396 g/mol. The third kappa shape index (κ3) is 3.92. The van der Waals surface area contributed by atoms with E-state index >= 15 is 0 Å². The van der Waals surface area contributed by atoms with Crippen molar-refractivity contribution >= 4 is 34.8 Å². The Kier molecular flexibility index (Phi) is 5.65. The summed E-state index contributed by atoms with van der Waals surface area (Å²) < 4.78 is 13.3. The number of nitrogens with one attached hydrogen (secondary N) is 2. The van der Waals surface area contributed by atoms with E-state index in [0.29, 0.717) is 11.6 Å². The highest BCUT2D eigenvalue weighted by atomic mass is 35.5. The number of carbonyl (C=O) groups is 1. The summed E-state index contributed by atoms with van der Waals surface area (Å²) in [6.45, 7) is 3.96. The second kappa shape index (κ2) is 7.62. The second-order valence-electron chi connectivity index (χ2n) is 7.19. The van der Waals surface area contributed by atoms with Gasteiger partial charge in [-0.05, 0) is 62.4 Å². The summed E-state index contributed by atoms with van der Waals surface area (Å²) in [6, 6.07) is 6.62. The maximum absolute atomic E-state index is 13.3. The molecular formula is C19H23ClFN3OS. The molecule has 0 radical (unpaired) electrons. The maximum atomic E-state index is 13.3. The van der Waals surface area contributed by atoms with E-state index in [1.807, 2.05) is 13.0 Å². The number of aromatic nitrogens is 1. The molecule has 1 atom stereocenters. The minimum absolute atomic E-state index is 0. The topological polar surface area (TPSA) is 54.0 Å². The Bertz CT molecular complexity index is 804. The third-order valence-corrected chi connectivity index (χ3v) is 6.55. The van der Waals surface area contributed by atoms with Crippen LogP contribution < -0.4 is 10.6 Å². The van der Waals surface area contributed by atoms with Crippen molar-refractivity contribution in [3.63, 3.8) is 0 Å². The molecule has 2 fully saturated rings. The fourth-order valence-electron chi connectivity index (χ4n) is 3.87. The quantitative estimate of drug-likeness (QED) is 0.824. The highest BCUT2D eigenvalue weighted by Gasteiger charge is 2.57. The molecule has 1 unspecified atom stereocenters. The van der Waals surface area contributed by atoms with Gasteiger partial charge in [0.15, 0.2) is 5.13 Å². The van der Waals surface area contributed by atoms with Crippen LogP contribution in [0.5, 0.6) is 0 Å². The van der Waals surface area contributed by atoms with E-state index < -0.39 is 0 Å². The Morgan fingerprint density at radius 1 is 1.42 bits per heavy atom. The Hall–Kier alpha value is -1.50. The number of carbonyl (C=O) groups excluding carboxylic acids is 1. The Labute approximate surface area is 163 Å². The van der Waals surface area contributed by atoms with Crippen molar-refractivity contribution in [2.75, 3.05) is 18.4 Å². The number of hydrogen-bond donors (Lipinski definition) is 2. The largest absolute Gasteiger partial charge is 0.317 e. The third-order valence-electron chi connectivity index (χ3n) is 5.48. The molecule has 2 aliphatic rings. The predicted octanol–water partition coefficient (Wildman–Crippen LogP) is 3.93. The summed E-state index contributed by atoms with van der Waals surface area (Å²) in [5, 5.41) is 7.02. The van der Waals surface area contributed by atoms with Crippen LogP contribution in [0.4, 0.5) is 9.52 Å². The Balaban J connectivity index is 0.00000196. The van der Waals surface area contributed by atoms with Gasteiger partial charge in [-0.3, -0.25) is 4.79 Å². The van der Waals surface area contributed by atoms with Crippen LogP contribution in [0, 0.1) is 24.1 Å². The lowest BCUT2D eigenvalue weighted by Crippen LogP contribution is -2.31. The molecule has 2 heterocycles. The molecule has 26 heavy (non-hydrogen) atoms. The normalized spacial score (nSPS) is 20.5. The predicted molar refractivity (Wildman–Crippen MR) is 105 cm³/mol. The zero-order valence-electron chi connectivity index (χ0n) is 14.7. The van der Waals surface area contributed by atoms with E-state index in [-0.39, 0.29) is 35.5 Å². The van der Waals surface area contributed by atoms with Crippen LogP contribution >= 0.6 is 23.7 Å². The molecule has 4 nitrogen and oxygen atoms in total. The SMILES string of the molecule is Cc1nc(NC(=O)C2CC23CCNCC3)sc1Cc1cccc(F)c1.Cl. The molecule has 1 saturated heterocycles. The molecule has 1 aliphatic carbocycles. The first-order valence-corrected chi connectivity index (χ1v) is 9.60. The summed E-state index contributed by atoms with van der Waals surface area (Å²) in [5.41, 5.74) is 2.05. The van der Waals surface area contributed by atoms with Gasteiger partial charge in [0.25, 0.3) is 0 Å². The first-order valence-electron chi connectivity index (χ1n) is 8.78. The van der Waals surface area contributed by atoms with Gasteiger partial charge in [0.2, 0.25) is 5.91 Å². The van der Waals surface area contributed by atoms with Gasteiger partial charge in [0.1, 0.15) is 5.82 Å². The zero-order chi connectivity index (χ0) is 17.4. The number of halogens is 2. The fraction of sp³-hybridized carbons (Fsp3) is 0.474. The van der Waals surface area contributed by atoms with Crippen molar-refractivity contribution in [2.45, 2.75) is 32.6 Å². The molecular weight excluding hydrogens is 373 g/mol. The first kappa shape index (κ1) is 19.3. The van der Waals surface area contributed by atoms with Crippen LogP contribution in [-0.2, 0) is 11.2 Å². The molecule has 1 aliphatic heterocycles. The van der Waals surface area contributed by atoms with E-state index in [1.54, 1.807) is 12.1 Å². The number of nitrogens with zero attached hydrogens (tertiary/aromatic N) is 1. The van der Waals surface area contributed by atoms with Gasteiger partial charge in [-0.1, -0.05) is 12.1 Å². The van der Waals surface area contributed by atoms with Crippen molar-refractivity contribution in [1.82, 2.24) is 10.3 Å². The Morgan fingerprint density at radius 3 is 2.92 bits per heavy atom. The van der Waals surface area contributed by atoms with Gasteiger partial charge >= 0.3 is 0 Å². The van der Waals surface area contributed by atoms with Gasteiger partial charge in [-0.2, -0.15) is 0 Å². The monoisotopic (exact) mass is 395 g/mol. The standard InChI is InChI=1S/C19H22FN3OS.ClH/c1-12-16(10-13-3-2-4-14(20)9-13)25-18(22-12)23-17(24)15-11-19(15)5-7-21-8-6-19;/h2-4,9,15,21H,5-8,10-11H2,1H3,(H,22,23,24);1H. The molecule has 0 bridgehead atoms. The number of aryl methyl sites for hydroxylation is 1. The van der Waals surface area contributed by atoms with E-state index in [2.05, 4.69) is 15.6 Å². The zero-order valence-corrected chi connectivity index (χ0v) is 16.3. The van der Waals surface area contributed by atoms with Crippen molar-refractivity contribution in [3.05, 3.63) is 46.2 Å². The van der Waals surface area contributed by atoms with Gasteiger partial charge in [-0.25, -0.2) is 9.37 Å². The van der Waals surface area contributed by atoms with Crippen molar-refractivity contribution < 1.29 is 9.18 Å². The van der Waals surface area contributed by atoms with Crippen LogP contribution in [0.3, 0.4) is 0 Å². The van der Waals surface area contributed by atoms with Gasteiger partial charge in [-0.15, -0.1) is 23.7 Å². The highest BCUT2D eigenvalue weighted by molar-refractivity contribution is 7.15. The lowest BCUT2D eigenvalue weighted by molar-refractivity contribution is -0.118. The molecule has 1 spiro atoms. The van der Waals surface area contributed by atoms with Gasteiger partial charge in [0, 0.05) is 17.2 Å². The minimum Gasteiger partial charge on any atom is -0.317 e. The fourth-order valence-corrected chi connectivity index (χ4v) is 4.87. The smallest absolute Gasteiger partial charge is 0.229 e.